The fraction of sp³-hybridized carbons (Fsp3) is 0.444. The Hall–Kier alpha value is -1.66. The molecule has 0 unspecified atom stereocenters. The second-order valence-electron chi connectivity index (χ2n) is 6.25. The number of rotatable bonds is 5. The van der Waals surface area contributed by atoms with E-state index < -0.39 is 12.1 Å². The highest BCUT2D eigenvalue weighted by Crippen LogP contribution is 2.32. The van der Waals surface area contributed by atoms with Gasteiger partial charge in [-0.1, -0.05) is 13.0 Å². The topological polar surface area (TPSA) is 55.4 Å². The molecule has 0 aromatic carbocycles. The Morgan fingerprint density at radius 2 is 2.29 bits per heavy atom. The highest BCUT2D eigenvalue weighted by atomic mass is 32.1. The molecule has 0 radical (unpaired) electrons. The van der Waals surface area contributed by atoms with Gasteiger partial charge in [0, 0.05) is 9.75 Å². The monoisotopic (exact) mass is 363 g/mol. The van der Waals surface area contributed by atoms with Crippen LogP contribution in [0.1, 0.15) is 45.3 Å². The van der Waals surface area contributed by atoms with Crippen LogP contribution in [0.15, 0.2) is 23.6 Å². The first-order valence-corrected chi connectivity index (χ1v) is 9.85. The third-order valence-electron chi connectivity index (χ3n) is 4.20. The lowest BCUT2D eigenvalue weighted by Crippen LogP contribution is -2.35. The number of thiophene rings is 2. The summed E-state index contributed by atoms with van der Waals surface area (Å²) in [5.41, 5.74) is 1.26. The van der Waals surface area contributed by atoms with Gasteiger partial charge in [-0.25, -0.2) is 4.79 Å². The van der Waals surface area contributed by atoms with Crippen LogP contribution in [0, 0.1) is 5.92 Å². The van der Waals surface area contributed by atoms with Gasteiger partial charge >= 0.3 is 5.97 Å². The van der Waals surface area contributed by atoms with Gasteiger partial charge in [-0.3, -0.25) is 4.79 Å². The summed E-state index contributed by atoms with van der Waals surface area (Å²) in [6, 6.07) is 5.84. The van der Waals surface area contributed by atoms with Crippen molar-refractivity contribution in [3.63, 3.8) is 0 Å². The molecule has 0 fully saturated rings. The zero-order valence-electron chi connectivity index (χ0n) is 13.8. The number of carbonyl (C=O) groups excluding carboxylic acids is 2. The average Bonchev–Trinajstić information content (AvgIpc) is 3.21. The fourth-order valence-corrected chi connectivity index (χ4v) is 4.55. The maximum Gasteiger partial charge on any atom is 0.349 e. The average molecular weight is 364 g/mol. The van der Waals surface area contributed by atoms with Crippen molar-refractivity contribution in [1.82, 2.24) is 5.32 Å². The molecule has 3 rings (SSSR count). The van der Waals surface area contributed by atoms with Crippen molar-refractivity contribution in [2.75, 3.05) is 0 Å². The molecular formula is C18H21NO3S2. The molecule has 1 aliphatic rings. The number of fused-ring (bicyclic) bond motifs is 1. The zero-order chi connectivity index (χ0) is 17.1. The van der Waals surface area contributed by atoms with Crippen molar-refractivity contribution in [2.45, 2.75) is 45.8 Å². The van der Waals surface area contributed by atoms with Crippen LogP contribution in [0.25, 0.3) is 0 Å². The van der Waals surface area contributed by atoms with Crippen molar-refractivity contribution in [2.24, 2.45) is 5.92 Å². The third kappa shape index (κ3) is 4.05. The first-order valence-electron chi connectivity index (χ1n) is 8.15. The summed E-state index contributed by atoms with van der Waals surface area (Å²) >= 11 is 3.09. The Balaban J connectivity index is 1.55. The normalized spacial score (nSPS) is 17.8. The molecule has 24 heavy (non-hydrogen) atoms. The Labute approximate surface area is 149 Å². The summed E-state index contributed by atoms with van der Waals surface area (Å²) in [6.45, 7) is 4.30. The molecule has 2 atom stereocenters. The van der Waals surface area contributed by atoms with Crippen molar-refractivity contribution in [3.05, 3.63) is 43.8 Å². The minimum Gasteiger partial charge on any atom is -0.448 e. The number of esters is 1. The van der Waals surface area contributed by atoms with Gasteiger partial charge in [0.2, 0.25) is 0 Å². The molecule has 1 aliphatic carbocycles. The summed E-state index contributed by atoms with van der Waals surface area (Å²) in [5.74, 6) is -0.00885. The lowest BCUT2D eigenvalue weighted by molar-refractivity contribution is -0.129. The molecule has 128 valence electrons. The van der Waals surface area contributed by atoms with E-state index >= 15 is 0 Å². The number of carbonyl (C=O) groups is 2. The summed E-state index contributed by atoms with van der Waals surface area (Å²) < 4.78 is 5.34. The van der Waals surface area contributed by atoms with Gasteiger partial charge in [0.25, 0.3) is 5.91 Å². The van der Waals surface area contributed by atoms with Crippen LogP contribution >= 0.6 is 22.7 Å². The summed E-state index contributed by atoms with van der Waals surface area (Å²) in [7, 11) is 0. The van der Waals surface area contributed by atoms with Gasteiger partial charge in [-0.15, -0.1) is 22.7 Å². The molecule has 2 aromatic heterocycles. The highest BCUT2D eigenvalue weighted by molar-refractivity contribution is 7.14. The number of aryl methyl sites for hydroxylation is 1. The van der Waals surface area contributed by atoms with E-state index in [1.165, 1.54) is 28.2 Å². The standard InChI is InChI=1S/C18H21NO3S2/c1-11-5-6-15-13(8-11)9-16(24-15)18(21)22-12(2)17(20)19-10-14-4-3-7-23-14/h3-4,7,9,11-12H,5-6,8,10H2,1-2H3,(H,19,20)/t11-,12-/m1/s1. The second-order valence-corrected chi connectivity index (χ2v) is 8.42. The largest absolute Gasteiger partial charge is 0.448 e. The number of hydrogen-bond donors (Lipinski definition) is 1. The van der Waals surface area contributed by atoms with Gasteiger partial charge in [-0.05, 0) is 55.2 Å². The second kappa shape index (κ2) is 7.49. The first kappa shape index (κ1) is 17.2. The molecule has 0 saturated heterocycles. The number of hydrogen-bond acceptors (Lipinski definition) is 5. The molecule has 2 aromatic rings. The lowest BCUT2D eigenvalue weighted by atomic mass is 9.90. The van der Waals surface area contributed by atoms with Crippen molar-refractivity contribution >= 4 is 34.6 Å². The number of nitrogens with one attached hydrogen (secondary N) is 1. The molecule has 2 heterocycles. The number of amides is 1. The van der Waals surface area contributed by atoms with Crippen LogP contribution in [0.2, 0.25) is 0 Å². The van der Waals surface area contributed by atoms with E-state index in [0.717, 1.165) is 17.7 Å². The van der Waals surface area contributed by atoms with Gasteiger partial charge in [0.1, 0.15) is 4.88 Å². The molecule has 1 amide bonds. The minimum atomic E-state index is -0.796. The molecule has 0 bridgehead atoms. The summed E-state index contributed by atoms with van der Waals surface area (Å²) in [5, 5.41) is 4.76. The Morgan fingerprint density at radius 1 is 1.46 bits per heavy atom. The number of ether oxygens (including phenoxy) is 1. The summed E-state index contributed by atoms with van der Waals surface area (Å²) in [4.78, 5) is 27.3. The van der Waals surface area contributed by atoms with Crippen LogP contribution in [0.3, 0.4) is 0 Å². The van der Waals surface area contributed by atoms with E-state index in [4.69, 9.17) is 4.74 Å². The van der Waals surface area contributed by atoms with Crippen LogP contribution < -0.4 is 5.32 Å². The molecule has 1 N–H and O–H groups in total. The molecule has 6 heteroatoms. The maximum atomic E-state index is 12.3. The Bertz CT molecular complexity index is 721. The molecular weight excluding hydrogens is 342 g/mol. The fourth-order valence-electron chi connectivity index (χ4n) is 2.81. The predicted molar refractivity (Wildman–Crippen MR) is 96.6 cm³/mol. The van der Waals surface area contributed by atoms with E-state index in [0.29, 0.717) is 17.3 Å². The van der Waals surface area contributed by atoms with Crippen LogP contribution in [0.5, 0.6) is 0 Å². The molecule has 0 saturated carbocycles. The zero-order valence-corrected chi connectivity index (χ0v) is 15.5. The van der Waals surface area contributed by atoms with Crippen molar-refractivity contribution in [3.8, 4) is 0 Å². The van der Waals surface area contributed by atoms with Crippen LogP contribution in [-0.4, -0.2) is 18.0 Å². The van der Waals surface area contributed by atoms with E-state index in [9.17, 15) is 9.59 Å². The SMILES string of the molecule is C[C@@H]1CCc2sc(C(=O)O[C@H](C)C(=O)NCc3cccs3)cc2C1. The molecule has 0 aliphatic heterocycles. The maximum absolute atomic E-state index is 12.3. The van der Waals surface area contributed by atoms with Crippen molar-refractivity contribution < 1.29 is 14.3 Å². The van der Waals surface area contributed by atoms with E-state index in [-0.39, 0.29) is 5.91 Å². The van der Waals surface area contributed by atoms with Crippen molar-refractivity contribution in [1.29, 1.82) is 0 Å². The molecule has 4 nitrogen and oxygen atoms in total. The van der Waals surface area contributed by atoms with Gasteiger partial charge in [0.15, 0.2) is 6.10 Å². The van der Waals surface area contributed by atoms with Gasteiger partial charge in [-0.2, -0.15) is 0 Å². The van der Waals surface area contributed by atoms with E-state index in [2.05, 4.69) is 12.2 Å². The Kier molecular flexibility index (Phi) is 5.36. The predicted octanol–water partition coefficient (Wildman–Crippen LogP) is 3.80. The minimum absolute atomic E-state index is 0.272. The Morgan fingerprint density at radius 3 is 3.04 bits per heavy atom. The molecule has 0 spiro atoms. The third-order valence-corrected chi connectivity index (χ3v) is 6.29. The van der Waals surface area contributed by atoms with Crippen LogP contribution in [0.4, 0.5) is 0 Å². The quantitative estimate of drug-likeness (QED) is 0.822. The lowest BCUT2D eigenvalue weighted by Gasteiger charge is -2.16. The van der Waals surface area contributed by atoms with Gasteiger partial charge in [0.05, 0.1) is 6.54 Å². The summed E-state index contributed by atoms with van der Waals surface area (Å²) in [6.07, 6.45) is 2.43. The smallest absolute Gasteiger partial charge is 0.349 e. The van der Waals surface area contributed by atoms with E-state index in [1.807, 2.05) is 23.6 Å². The van der Waals surface area contributed by atoms with Gasteiger partial charge < -0.3 is 10.1 Å². The van der Waals surface area contributed by atoms with Crippen LogP contribution in [-0.2, 0) is 28.9 Å². The highest BCUT2D eigenvalue weighted by Gasteiger charge is 2.24. The first-order chi connectivity index (χ1) is 11.5. The van der Waals surface area contributed by atoms with E-state index in [1.54, 1.807) is 18.3 Å².